The number of rotatable bonds is 6. The molecule has 2 unspecified atom stereocenters. The van der Waals surface area contributed by atoms with E-state index in [2.05, 4.69) is 11.7 Å². The Morgan fingerprint density at radius 1 is 1.64 bits per heavy atom. The zero-order valence-electron chi connectivity index (χ0n) is 9.32. The largest absolute Gasteiger partial charge is 0.468 e. The van der Waals surface area contributed by atoms with Gasteiger partial charge in [0.05, 0.1) is 7.11 Å². The summed E-state index contributed by atoms with van der Waals surface area (Å²) in [6.45, 7) is 2.37. The van der Waals surface area contributed by atoms with Gasteiger partial charge in [0.15, 0.2) is 0 Å². The van der Waals surface area contributed by atoms with Gasteiger partial charge in [0.1, 0.15) is 6.04 Å². The van der Waals surface area contributed by atoms with Crippen molar-refractivity contribution in [1.82, 2.24) is 4.90 Å². The van der Waals surface area contributed by atoms with Crippen LogP contribution in [0.15, 0.2) is 0 Å². The summed E-state index contributed by atoms with van der Waals surface area (Å²) in [6.07, 6.45) is 2.04. The third-order valence-electron chi connectivity index (χ3n) is 2.29. The normalized spacial score (nSPS) is 15.3. The monoisotopic (exact) mass is 220 g/mol. The van der Waals surface area contributed by atoms with Crippen LogP contribution >= 0.6 is 11.8 Å². The summed E-state index contributed by atoms with van der Waals surface area (Å²) in [5.74, 6) is 0.715. The molecule has 0 spiro atoms. The Bertz CT molecular complexity index is 178. The molecule has 0 heterocycles. The van der Waals surface area contributed by atoms with Crippen molar-refractivity contribution in [2.24, 2.45) is 5.73 Å². The molecule has 0 saturated carbocycles. The lowest BCUT2D eigenvalue weighted by Gasteiger charge is -2.30. The molecule has 0 aromatic carbocycles. The van der Waals surface area contributed by atoms with Gasteiger partial charge in [-0.25, -0.2) is 0 Å². The van der Waals surface area contributed by atoms with Crippen molar-refractivity contribution in [2.75, 3.05) is 32.7 Å². The van der Waals surface area contributed by atoms with Crippen LogP contribution in [0, 0.1) is 0 Å². The molecule has 0 aromatic rings. The van der Waals surface area contributed by atoms with E-state index in [4.69, 9.17) is 5.73 Å². The van der Waals surface area contributed by atoms with Crippen LogP contribution in [0.4, 0.5) is 0 Å². The number of ether oxygens (including phenoxy) is 1. The highest BCUT2D eigenvalue weighted by Crippen LogP contribution is 2.08. The van der Waals surface area contributed by atoms with Crippen molar-refractivity contribution < 1.29 is 9.53 Å². The number of esters is 1. The first-order chi connectivity index (χ1) is 6.58. The molecule has 2 N–H and O–H groups in total. The van der Waals surface area contributed by atoms with Crippen LogP contribution in [0.5, 0.6) is 0 Å². The van der Waals surface area contributed by atoms with Crippen molar-refractivity contribution in [1.29, 1.82) is 0 Å². The molecular weight excluding hydrogens is 200 g/mol. The van der Waals surface area contributed by atoms with E-state index in [0.29, 0.717) is 12.6 Å². The van der Waals surface area contributed by atoms with Gasteiger partial charge in [-0.3, -0.25) is 9.69 Å². The number of likely N-dealkylation sites (N-methyl/N-ethyl adjacent to an activating group) is 1. The first kappa shape index (κ1) is 13.7. The summed E-state index contributed by atoms with van der Waals surface area (Å²) >= 11 is 1.75. The third kappa shape index (κ3) is 3.86. The lowest BCUT2D eigenvalue weighted by molar-refractivity contribution is -0.146. The van der Waals surface area contributed by atoms with Crippen molar-refractivity contribution >= 4 is 17.7 Å². The van der Waals surface area contributed by atoms with Gasteiger partial charge in [0, 0.05) is 18.3 Å². The summed E-state index contributed by atoms with van der Waals surface area (Å²) in [4.78, 5) is 13.3. The standard InChI is InChI=1S/C9H20N2O2S/c1-7(6-14-4)11(2)8(5-10)9(12)13-3/h7-8H,5-6,10H2,1-4H3. The van der Waals surface area contributed by atoms with Crippen LogP contribution in [-0.4, -0.2) is 55.7 Å². The highest BCUT2D eigenvalue weighted by Gasteiger charge is 2.25. The molecule has 14 heavy (non-hydrogen) atoms. The van der Waals surface area contributed by atoms with E-state index in [9.17, 15) is 4.79 Å². The number of carbonyl (C=O) groups excluding carboxylic acids is 1. The Morgan fingerprint density at radius 3 is 2.57 bits per heavy atom. The molecule has 5 heteroatoms. The minimum atomic E-state index is -0.331. The highest BCUT2D eigenvalue weighted by molar-refractivity contribution is 7.98. The zero-order valence-corrected chi connectivity index (χ0v) is 10.1. The highest BCUT2D eigenvalue weighted by atomic mass is 32.2. The molecular formula is C9H20N2O2S. The van der Waals surface area contributed by atoms with Gasteiger partial charge in [-0.15, -0.1) is 0 Å². The van der Waals surface area contributed by atoms with E-state index in [-0.39, 0.29) is 12.0 Å². The van der Waals surface area contributed by atoms with E-state index >= 15 is 0 Å². The zero-order chi connectivity index (χ0) is 11.1. The molecule has 0 aliphatic heterocycles. The predicted molar refractivity (Wildman–Crippen MR) is 60.5 cm³/mol. The maximum Gasteiger partial charge on any atom is 0.324 e. The van der Waals surface area contributed by atoms with Crippen LogP contribution in [0.3, 0.4) is 0 Å². The van der Waals surface area contributed by atoms with Gasteiger partial charge in [-0.05, 0) is 20.2 Å². The van der Waals surface area contributed by atoms with Crippen LogP contribution in [0.25, 0.3) is 0 Å². The summed E-state index contributed by atoms with van der Waals surface area (Å²) < 4.78 is 4.69. The van der Waals surface area contributed by atoms with Gasteiger partial charge in [0.2, 0.25) is 0 Å². The van der Waals surface area contributed by atoms with Crippen LogP contribution in [-0.2, 0) is 9.53 Å². The quantitative estimate of drug-likeness (QED) is 0.647. The van der Waals surface area contributed by atoms with Gasteiger partial charge < -0.3 is 10.5 Å². The molecule has 0 aliphatic rings. The molecule has 0 aromatic heterocycles. The second-order valence-corrected chi connectivity index (χ2v) is 4.16. The number of nitrogens with two attached hydrogens (primary N) is 1. The van der Waals surface area contributed by atoms with Crippen LogP contribution in [0.2, 0.25) is 0 Å². The SMILES string of the molecule is COC(=O)C(CN)N(C)C(C)CSC. The lowest BCUT2D eigenvalue weighted by atomic mass is 10.2. The van der Waals surface area contributed by atoms with Gasteiger partial charge in [-0.1, -0.05) is 0 Å². The topological polar surface area (TPSA) is 55.6 Å². The van der Waals surface area contributed by atoms with E-state index in [1.807, 2.05) is 18.2 Å². The number of thioether (sulfide) groups is 1. The molecule has 2 atom stereocenters. The Labute approximate surface area is 90.2 Å². The molecule has 84 valence electrons. The third-order valence-corrected chi connectivity index (χ3v) is 3.11. The fourth-order valence-electron chi connectivity index (χ4n) is 1.23. The van der Waals surface area contributed by atoms with Crippen LogP contribution in [0.1, 0.15) is 6.92 Å². The van der Waals surface area contributed by atoms with Gasteiger partial charge >= 0.3 is 5.97 Å². The minimum Gasteiger partial charge on any atom is -0.468 e. The van der Waals surface area contributed by atoms with E-state index in [1.54, 1.807) is 11.8 Å². The number of carbonyl (C=O) groups is 1. The summed E-state index contributed by atoms with van der Waals surface area (Å²) in [5, 5.41) is 0. The second kappa shape index (κ2) is 7.09. The number of nitrogens with zero attached hydrogens (tertiary/aromatic N) is 1. The maximum absolute atomic E-state index is 11.3. The Balaban J connectivity index is 4.29. The van der Waals surface area contributed by atoms with Crippen molar-refractivity contribution in [3.63, 3.8) is 0 Å². The average molecular weight is 220 g/mol. The minimum absolute atomic E-state index is 0.261. The first-order valence-electron chi connectivity index (χ1n) is 4.57. The van der Waals surface area contributed by atoms with E-state index in [0.717, 1.165) is 5.75 Å². The van der Waals surface area contributed by atoms with Crippen LogP contribution < -0.4 is 5.73 Å². The molecule has 0 aliphatic carbocycles. The molecule has 0 rings (SSSR count). The Kier molecular flexibility index (Phi) is 6.96. The number of methoxy groups -OCH3 is 1. The lowest BCUT2D eigenvalue weighted by Crippen LogP contribution is -2.49. The van der Waals surface area contributed by atoms with Gasteiger partial charge in [0.25, 0.3) is 0 Å². The molecule has 0 bridgehead atoms. The van der Waals surface area contributed by atoms with E-state index in [1.165, 1.54) is 7.11 Å². The summed E-state index contributed by atoms with van der Waals surface area (Å²) in [5.41, 5.74) is 5.53. The molecule has 0 radical (unpaired) electrons. The molecule has 0 saturated heterocycles. The molecule has 0 amide bonds. The second-order valence-electron chi connectivity index (χ2n) is 3.24. The Hall–Kier alpha value is -0.260. The Morgan fingerprint density at radius 2 is 2.21 bits per heavy atom. The van der Waals surface area contributed by atoms with E-state index < -0.39 is 0 Å². The predicted octanol–water partition coefficient (Wildman–Crippen LogP) is 0.170. The smallest absolute Gasteiger partial charge is 0.324 e. The summed E-state index contributed by atoms with van der Waals surface area (Å²) in [7, 11) is 3.29. The fraction of sp³-hybridized carbons (Fsp3) is 0.889. The fourth-order valence-corrected chi connectivity index (χ4v) is 1.95. The van der Waals surface area contributed by atoms with Crippen molar-refractivity contribution in [3.8, 4) is 0 Å². The van der Waals surface area contributed by atoms with Crippen molar-refractivity contribution in [2.45, 2.75) is 19.0 Å². The van der Waals surface area contributed by atoms with Crippen molar-refractivity contribution in [3.05, 3.63) is 0 Å². The number of hydrogen-bond acceptors (Lipinski definition) is 5. The van der Waals surface area contributed by atoms with Gasteiger partial charge in [-0.2, -0.15) is 11.8 Å². The first-order valence-corrected chi connectivity index (χ1v) is 5.96. The summed E-state index contributed by atoms with van der Waals surface area (Å²) in [6, 6.07) is -0.0141. The molecule has 4 nitrogen and oxygen atoms in total. The molecule has 0 fully saturated rings. The average Bonchev–Trinajstić information content (AvgIpc) is 2.18. The number of hydrogen-bond donors (Lipinski definition) is 1. The maximum atomic E-state index is 11.3.